The molecule has 0 saturated carbocycles. The van der Waals surface area contributed by atoms with Gasteiger partial charge in [-0.25, -0.2) is 4.57 Å². The smallest absolute Gasteiger partial charge is 0.227 e. The van der Waals surface area contributed by atoms with Crippen molar-refractivity contribution in [2.24, 2.45) is 0 Å². The summed E-state index contributed by atoms with van der Waals surface area (Å²) in [6, 6.07) is 27.0. The van der Waals surface area contributed by atoms with Crippen molar-refractivity contribution >= 4 is 21.8 Å². The van der Waals surface area contributed by atoms with Gasteiger partial charge in [0.05, 0.1) is 6.20 Å². The molecule has 0 fully saturated rings. The molecule has 0 radical (unpaired) electrons. The van der Waals surface area contributed by atoms with Crippen molar-refractivity contribution < 1.29 is 4.57 Å². The lowest BCUT2D eigenvalue weighted by Gasteiger charge is -2.22. The lowest BCUT2D eigenvalue weighted by Crippen LogP contribution is -2.44. The first-order valence-electron chi connectivity index (χ1n) is 10.3. The Morgan fingerprint density at radius 2 is 1.52 bits per heavy atom. The minimum absolute atomic E-state index is 0.303. The van der Waals surface area contributed by atoms with Gasteiger partial charge in [0, 0.05) is 22.4 Å². The highest BCUT2D eigenvalue weighted by atomic mass is 15.2. The Bertz CT molecular complexity index is 1420. The standard InChI is InChI=1S/C27H23N2/c1-17-8-6-9-18(2)26(17)20-14-15-28-19(3)21-11-7-12-23-22-10-4-5-13-24(22)29(27(21)23)25(28)16-20/h4-16,19H,1-3H3/q+1/t19-/m1/s1. The van der Waals surface area contributed by atoms with Crippen LogP contribution in [0.2, 0.25) is 0 Å². The van der Waals surface area contributed by atoms with Crippen molar-refractivity contribution in [3.05, 3.63) is 95.7 Å². The average Bonchev–Trinajstić information content (AvgIpc) is 3.07. The van der Waals surface area contributed by atoms with Gasteiger partial charge in [-0.3, -0.25) is 0 Å². The van der Waals surface area contributed by atoms with Crippen LogP contribution in [0.25, 0.3) is 38.8 Å². The van der Waals surface area contributed by atoms with E-state index >= 15 is 0 Å². The predicted molar refractivity (Wildman–Crippen MR) is 120 cm³/mol. The Kier molecular flexibility index (Phi) is 3.31. The van der Waals surface area contributed by atoms with Crippen molar-refractivity contribution in [3.63, 3.8) is 0 Å². The lowest BCUT2D eigenvalue weighted by atomic mass is 9.95. The molecule has 2 heteroatoms. The maximum atomic E-state index is 2.46. The monoisotopic (exact) mass is 375 g/mol. The molecule has 3 heterocycles. The van der Waals surface area contributed by atoms with Crippen LogP contribution >= 0.6 is 0 Å². The zero-order chi connectivity index (χ0) is 19.7. The molecule has 0 amide bonds. The zero-order valence-corrected chi connectivity index (χ0v) is 17.0. The van der Waals surface area contributed by atoms with Crippen LogP contribution in [0.3, 0.4) is 0 Å². The van der Waals surface area contributed by atoms with E-state index in [9.17, 15) is 0 Å². The number of rotatable bonds is 1. The highest BCUT2D eigenvalue weighted by molar-refractivity contribution is 6.10. The fraction of sp³-hybridized carbons (Fsp3) is 0.148. The summed E-state index contributed by atoms with van der Waals surface area (Å²) in [6.45, 7) is 6.71. The maximum absolute atomic E-state index is 2.46. The van der Waals surface area contributed by atoms with Gasteiger partial charge in [0.1, 0.15) is 17.1 Å². The van der Waals surface area contributed by atoms with Crippen LogP contribution in [0.15, 0.2) is 79.0 Å². The third-order valence-corrected chi connectivity index (χ3v) is 6.56. The van der Waals surface area contributed by atoms with Crippen molar-refractivity contribution in [2.75, 3.05) is 0 Å². The summed E-state index contributed by atoms with van der Waals surface area (Å²) >= 11 is 0. The summed E-state index contributed by atoms with van der Waals surface area (Å²) in [7, 11) is 0. The Morgan fingerprint density at radius 3 is 2.34 bits per heavy atom. The quantitative estimate of drug-likeness (QED) is 0.305. The van der Waals surface area contributed by atoms with Crippen molar-refractivity contribution in [1.29, 1.82) is 0 Å². The van der Waals surface area contributed by atoms with Gasteiger partial charge in [-0.15, -0.1) is 0 Å². The number of fused-ring (bicyclic) bond motifs is 5. The molecule has 0 aliphatic carbocycles. The molecule has 2 nitrogen and oxygen atoms in total. The third-order valence-electron chi connectivity index (χ3n) is 6.56. The van der Waals surface area contributed by atoms with E-state index < -0.39 is 0 Å². The van der Waals surface area contributed by atoms with Gasteiger partial charge in [0.15, 0.2) is 0 Å². The SMILES string of the molecule is Cc1cccc(C)c1-c1cc[n+]2c(c1)-n1c3ccccc3c3cccc(c31)[C@H]2C. The van der Waals surface area contributed by atoms with Gasteiger partial charge in [0.25, 0.3) is 5.82 Å². The first-order valence-corrected chi connectivity index (χ1v) is 10.3. The number of hydrogen-bond acceptors (Lipinski definition) is 0. The van der Waals surface area contributed by atoms with Gasteiger partial charge in [-0.1, -0.05) is 42.5 Å². The third kappa shape index (κ3) is 2.14. The fourth-order valence-electron chi connectivity index (χ4n) is 5.20. The molecule has 2 aromatic heterocycles. The Morgan fingerprint density at radius 1 is 0.793 bits per heavy atom. The van der Waals surface area contributed by atoms with Gasteiger partial charge in [-0.2, -0.15) is 4.57 Å². The highest BCUT2D eigenvalue weighted by Crippen LogP contribution is 2.39. The van der Waals surface area contributed by atoms with E-state index in [2.05, 4.69) is 109 Å². The van der Waals surface area contributed by atoms with E-state index in [0.717, 1.165) is 0 Å². The summed E-state index contributed by atoms with van der Waals surface area (Å²) in [4.78, 5) is 0. The molecule has 5 aromatic rings. The van der Waals surface area contributed by atoms with E-state index in [1.807, 2.05) is 0 Å². The molecule has 140 valence electrons. The Hall–Kier alpha value is -3.39. The maximum Gasteiger partial charge on any atom is 0.288 e. The molecule has 3 aromatic carbocycles. The Balaban J connectivity index is 1.75. The second kappa shape index (κ2) is 5.81. The molecule has 29 heavy (non-hydrogen) atoms. The minimum Gasteiger partial charge on any atom is -0.227 e. The van der Waals surface area contributed by atoms with E-state index in [0.29, 0.717) is 6.04 Å². The number of nitrogens with zero attached hydrogens (tertiary/aromatic N) is 2. The van der Waals surface area contributed by atoms with Crippen molar-refractivity contribution in [3.8, 4) is 16.9 Å². The van der Waals surface area contributed by atoms with Crippen LogP contribution in [0.5, 0.6) is 0 Å². The number of para-hydroxylation sites is 2. The Labute approximate surface area is 170 Å². The molecule has 1 aliphatic heterocycles. The summed E-state index contributed by atoms with van der Waals surface area (Å²) < 4.78 is 4.86. The van der Waals surface area contributed by atoms with Crippen LogP contribution in [-0.2, 0) is 0 Å². The number of benzene rings is 3. The first kappa shape index (κ1) is 16.6. The summed E-state index contributed by atoms with van der Waals surface area (Å²) in [6.07, 6.45) is 2.26. The van der Waals surface area contributed by atoms with Crippen LogP contribution in [0.1, 0.15) is 29.7 Å². The second-order valence-electron chi connectivity index (χ2n) is 8.22. The number of aryl methyl sites for hydroxylation is 2. The van der Waals surface area contributed by atoms with E-state index in [1.54, 1.807) is 0 Å². The van der Waals surface area contributed by atoms with Gasteiger partial charge >= 0.3 is 0 Å². The predicted octanol–water partition coefficient (Wildman–Crippen LogP) is 6.28. The van der Waals surface area contributed by atoms with Gasteiger partial charge < -0.3 is 0 Å². The number of pyridine rings is 1. The minimum atomic E-state index is 0.303. The molecular formula is C27H23N2+. The largest absolute Gasteiger partial charge is 0.288 e. The molecule has 0 saturated heterocycles. The molecule has 0 N–H and O–H groups in total. The summed E-state index contributed by atoms with van der Waals surface area (Å²) in [5.41, 5.74) is 9.27. The molecule has 1 aliphatic rings. The van der Waals surface area contributed by atoms with Gasteiger partial charge in [0.2, 0.25) is 0 Å². The first-order chi connectivity index (χ1) is 14.1. The fourth-order valence-corrected chi connectivity index (χ4v) is 5.20. The van der Waals surface area contributed by atoms with Crippen LogP contribution in [0, 0.1) is 13.8 Å². The van der Waals surface area contributed by atoms with Crippen molar-refractivity contribution in [1.82, 2.24) is 4.57 Å². The normalized spacial score (nSPS) is 15.1. The number of aromatic nitrogens is 2. The topological polar surface area (TPSA) is 8.81 Å². The van der Waals surface area contributed by atoms with Gasteiger partial charge in [-0.05, 0) is 67.3 Å². The molecule has 0 spiro atoms. The molecular weight excluding hydrogens is 352 g/mol. The molecule has 0 unspecified atom stereocenters. The molecule has 0 bridgehead atoms. The number of hydrogen-bond donors (Lipinski definition) is 0. The average molecular weight is 375 g/mol. The van der Waals surface area contributed by atoms with Crippen LogP contribution in [-0.4, -0.2) is 4.57 Å². The van der Waals surface area contributed by atoms with E-state index in [4.69, 9.17) is 0 Å². The van der Waals surface area contributed by atoms with E-state index in [-0.39, 0.29) is 0 Å². The summed E-state index contributed by atoms with van der Waals surface area (Å²) in [5.74, 6) is 1.24. The second-order valence-corrected chi connectivity index (χ2v) is 8.22. The van der Waals surface area contributed by atoms with Crippen LogP contribution < -0.4 is 4.57 Å². The van der Waals surface area contributed by atoms with E-state index in [1.165, 1.54) is 55.4 Å². The molecule has 1 atom stereocenters. The summed E-state index contributed by atoms with van der Waals surface area (Å²) in [5, 5.41) is 2.66. The van der Waals surface area contributed by atoms with Crippen molar-refractivity contribution in [2.45, 2.75) is 26.8 Å². The lowest BCUT2D eigenvalue weighted by molar-refractivity contribution is -0.705. The zero-order valence-electron chi connectivity index (χ0n) is 17.0. The molecule has 6 rings (SSSR count). The highest BCUT2D eigenvalue weighted by Gasteiger charge is 2.33. The van der Waals surface area contributed by atoms with Crippen LogP contribution in [0.4, 0.5) is 0 Å².